The molecule has 0 aliphatic rings. The molecular formula is C75H62IrN3. The molecule has 12 rings (SSSR count). The molecular weight excluding hydrogens is 1140 g/mol. The Hall–Kier alpha value is -8.14. The van der Waals surface area contributed by atoms with Gasteiger partial charge in [0.15, 0.2) is 0 Å². The molecule has 0 fully saturated rings. The monoisotopic (exact) mass is 1200 g/mol. The molecule has 3 nitrogen and oxygen atoms in total. The van der Waals surface area contributed by atoms with Gasteiger partial charge in [0.25, 0.3) is 0 Å². The normalized spacial score (nSPS) is 11.8. The molecule has 0 spiro atoms. The predicted molar refractivity (Wildman–Crippen MR) is 328 cm³/mol. The van der Waals surface area contributed by atoms with Crippen molar-refractivity contribution in [3.63, 3.8) is 0 Å². The number of hydrogen-bond acceptors (Lipinski definition) is 3. The van der Waals surface area contributed by atoms with Crippen molar-refractivity contribution in [3.05, 3.63) is 248 Å². The summed E-state index contributed by atoms with van der Waals surface area (Å²) in [6.45, 7) is 13.8. The molecule has 0 amide bonds. The second kappa shape index (κ2) is 22.3. The van der Waals surface area contributed by atoms with Crippen LogP contribution in [0, 0.1) is 18.2 Å². The van der Waals surface area contributed by atoms with Crippen molar-refractivity contribution in [2.24, 2.45) is 0 Å². The van der Waals surface area contributed by atoms with E-state index in [1.165, 1.54) is 21.9 Å². The van der Waals surface area contributed by atoms with E-state index in [-0.39, 0.29) is 30.9 Å². The van der Waals surface area contributed by atoms with Gasteiger partial charge in [0, 0.05) is 18.6 Å². The van der Waals surface area contributed by atoms with E-state index in [0.717, 1.165) is 137 Å². The van der Waals surface area contributed by atoms with E-state index in [2.05, 4.69) is 254 Å². The fraction of sp³-hybridized carbons (Fsp3) is 0.160. The van der Waals surface area contributed by atoms with Gasteiger partial charge in [-0.15, -0.1) is 83.2 Å². The summed E-state index contributed by atoms with van der Waals surface area (Å²) < 4.78 is 0. The van der Waals surface area contributed by atoms with Gasteiger partial charge in [-0.3, -0.25) is 0 Å². The molecule has 0 aliphatic carbocycles. The van der Waals surface area contributed by atoms with Crippen molar-refractivity contribution < 1.29 is 20.1 Å². The van der Waals surface area contributed by atoms with Gasteiger partial charge in [-0.05, 0) is 132 Å². The van der Waals surface area contributed by atoms with E-state index < -0.39 is 0 Å². The number of hydrogen-bond donors (Lipinski definition) is 0. The molecule has 0 radical (unpaired) electrons. The van der Waals surface area contributed by atoms with Crippen LogP contribution in [0.25, 0.3) is 122 Å². The number of fused-ring (bicyclic) bond motifs is 6. The van der Waals surface area contributed by atoms with Gasteiger partial charge in [0.05, 0.1) is 0 Å². The van der Waals surface area contributed by atoms with Gasteiger partial charge in [0.1, 0.15) is 0 Å². The van der Waals surface area contributed by atoms with Gasteiger partial charge in [-0.25, -0.2) is 0 Å². The molecule has 3 aromatic heterocycles. The zero-order valence-electron chi connectivity index (χ0n) is 45.8. The average molecular weight is 1200 g/mol. The Kier molecular flexibility index (Phi) is 14.9. The summed E-state index contributed by atoms with van der Waals surface area (Å²) in [7, 11) is 0. The average Bonchev–Trinajstić information content (AvgIpc) is 3.67. The van der Waals surface area contributed by atoms with E-state index >= 15 is 0 Å². The van der Waals surface area contributed by atoms with Crippen LogP contribution in [0.4, 0.5) is 0 Å². The number of nitrogens with zero attached hydrogens (tertiary/aromatic N) is 3. The molecule has 386 valence electrons. The van der Waals surface area contributed by atoms with Gasteiger partial charge in [-0.1, -0.05) is 214 Å². The quantitative estimate of drug-likeness (QED) is 0.0804. The van der Waals surface area contributed by atoms with Crippen LogP contribution in [0.2, 0.25) is 0 Å². The SMILES string of the molecule is CCCC(C)(C)c1ccnc(-c2[c-]cc(-c3ccccc3-c3cc(-c4ccccc4-c4c[c-]c(-c5cc(C(C)(C)CCC)ccn5)cc4)cc(-c4ccccc4-c4c[c-]c5c(c4)c4ccccc4c4cccnc54)c3)cc2)c1.[Ir+3]. The first-order chi connectivity index (χ1) is 38.1. The van der Waals surface area contributed by atoms with Crippen molar-refractivity contribution in [2.75, 3.05) is 0 Å². The third-order valence-electron chi connectivity index (χ3n) is 16.1. The summed E-state index contributed by atoms with van der Waals surface area (Å²) >= 11 is 0. The van der Waals surface area contributed by atoms with Crippen LogP contribution >= 0.6 is 0 Å². The maximum atomic E-state index is 4.89. The Balaban J connectivity index is 0.00000660. The zero-order valence-corrected chi connectivity index (χ0v) is 48.2. The number of rotatable bonds is 14. The second-order valence-corrected chi connectivity index (χ2v) is 22.2. The van der Waals surface area contributed by atoms with Crippen LogP contribution in [-0.4, -0.2) is 15.0 Å². The Bertz CT molecular complexity index is 3970. The molecule has 4 heteroatoms. The minimum absolute atomic E-state index is 0. The number of aromatic nitrogens is 3. The van der Waals surface area contributed by atoms with Crippen molar-refractivity contribution in [2.45, 2.75) is 78.1 Å². The number of pyridine rings is 3. The molecule has 0 bridgehead atoms. The second-order valence-electron chi connectivity index (χ2n) is 22.2. The summed E-state index contributed by atoms with van der Waals surface area (Å²) in [5, 5.41) is 5.69. The van der Waals surface area contributed by atoms with Gasteiger partial charge >= 0.3 is 20.1 Å². The summed E-state index contributed by atoms with van der Waals surface area (Å²) in [4.78, 5) is 14.5. The van der Waals surface area contributed by atoms with E-state index in [9.17, 15) is 0 Å². The Labute approximate surface area is 479 Å². The summed E-state index contributed by atoms with van der Waals surface area (Å²) in [6.07, 6.45) is 10.3. The number of benzene rings is 9. The molecule has 0 saturated heterocycles. The van der Waals surface area contributed by atoms with E-state index in [1.807, 2.05) is 24.7 Å². The topological polar surface area (TPSA) is 38.7 Å². The fourth-order valence-electron chi connectivity index (χ4n) is 11.9. The molecule has 3 heterocycles. The standard InChI is InChI=1S/C75H62N3.Ir/c1-7-39-74(3,4)58-37-42-76-71(48-58)52-31-27-50(28-32-52)60-18-9-12-21-63(60)55-44-56(64-22-13-10-19-61(64)51-29-33-53(34-30-51)72-49-59(38-43-77-72)75(5,6)40-8-2)46-57(45-55)65-23-14-11-20-62(65)54-35-36-69-70(47-54)67-25-16-15-24-66(67)68-26-17-41-78-73(68)69;/h9-31,33,35,37-38,41-49H,7-8,39-40H2,1-6H3;/q-3;+3. The van der Waals surface area contributed by atoms with Crippen LogP contribution in [0.1, 0.15) is 78.4 Å². The molecule has 79 heavy (non-hydrogen) atoms. The Morgan fingerprint density at radius 2 is 0.759 bits per heavy atom. The first kappa shape index (κ1) is 52.9. The molecule has 9 aromatic carbocycles. The van der Waals surface area contributed by atoms with Crippen molar-refractivity contribution in [1.29, 1.82) is 0 Å². The minimum Gasteiger partial charge on any atom is -0.305 e. The molecule has 0 saturated carbocycles. The summed E-state index contributed by atoms with van der Waals surface area (Å²) in [5.41, 5.74) is 21.0. The molecule has 0 N–H and O–H groups in total. The largest absolute Gasteiger partial charge is 3.00 e. The van der Waals surface area contributed by atoms with E-state index in [4.69, 9.17) is 15.0 Å². The van der Waals surface area contributed by atoms with Crippen LogP contribution in [0.5, 0.6) is 0 Å². The van der Waals surface area contributed by atoms with Crippen molar-refractivity contribution in [1.82, 2.24) is 15.0 Å². The Morgan fingerprint density at radius 1 is 0.354 bits per heavy atom. The first-order valence-corrected chi connectivity index (χ1v) is 27.6. The van der Waals surface area contributed by atoms with Gasteiger partial charge in [0.2, 0.25) is 0 Å². The first-order valence-electron chi connectivity index (χ1n) is 27.6. The van der Waals surface area contributed by atoms with E-state index in [1.54, 1.807) is 0 Å². The third-order valence-corrected chi connectivity index (χ3v) is 16.1. The molecule has 0 atom stereocenters. The summed E-state index contributed by atoms with van der Waals surface area (Å²) in [5.74, 6) is 0. The van der Waals surface area contributed by atoms with E-state index in [0.29, 0.717) is 0 Å². The predicted octanol–water partition coefficient (Wildman–Crippen LogP) is 20.2. The maximum Gasteiger partial charge on any atom is 3.00 e. The minimum atomic E-state index is 0. The third kappa shape index (κ3) is 10.4. The van der Waals surface area contributed by atoms with Crippen LogP contribution in [-0.2, 0) is 30.9 Å². The van der Waals surface area contributed by atoms with Crippen molar-refractivity contribution in [3.8, 4) is 89.3 Å². The van der Waals surface area contributed by atoms with Crippen molar-refractivity contribution >= 4 is 32.4 Å². The van der Waals surface area contributed by atoms with Crippen LogP contribution in [0.15, 0.2) is 219 Å². The molecule has 0 aliphatic heterocycles. The molecule has 0 unspecified atom stereocenters. The summed E-state index contributed by atoms with van der Waals surface area (Å²) in [6, 6.07) is 83.7. The smallest absolute Gasteiger partial charge is 0.305 e. The Morgan fingerprint density at radius 3 is 1.20 bits per heavy atom. The zero-order chi connectivity index (χ0) is 53.4. The fourth-order valence-corrected chi connectivity index (χ4v) is 11.9. The molecule has 12 aromatic rings. The van der Waals surface area contributed by atoms with Crippen LogP contribution < -0.4 is 0 Å². The van der Waals surface area contributed by atoms with Crippen LogP contribution in [0.3, 0.4) is 0 Å². The van der Waals surface area contributed by atoms with Gasteiger partial charge in [-0.2, -0.15) is 0 Å². The maximum absolute atomic E-state index is 4.89. The van der Waals surface area contributed by atoms with Gasteiger partial charge < -0.3 is 15.0 Å².